The fourth-order valence-electron chi connectivity index (χ4n) is 2.26. The zero-order valence-electron chi connectivity index (χ0n) is 13.9. The van der Waals surface area contributed by atoms with E-state index in [0.29, 0.717) is 5.75 Å². The molecule has 0 spiro atoms. The average Bonchev–Trinajstić information content (AvgIpc) is 2.46. The van der Waals surface area contributed by atoms with Crippen molar-refractivity contribution in [2.45, 2.75) is 33.1 Å². The summed E-state index contributed by atoms with van der Waals surface area (Å²) in [6.45, 7) is 8.07. The molecule has 4 heteroatoms. The molecule has 0 radical (unpaired) electrons. The molecule has 0 aliphatic heterocycles. The Balaban J connectivity index is 2.07. The first-order chi connectivity index (χ1) is 10.8. The van der Waals surface area contributed by atoms with Gasteiger partial charge in [0.2, 0.25) is 0 Å². The lowest BCUT2D eigenvalue weighted by Crippen LogP contribution is -2.22. The Morgan fingerprint density at radius 2 is 1.87 bits per heavy atom. The highest BCUT2D eigenvalue weighted by Gasteiger charge is 2.19. The van der Waals surface area contributed by atoms with Gasteiger partial charge in [0.1, 0.15) is 11.6 Å². The van der Waals surface area contributed by atoms with Crippen molar-refractivity contribution in [2.24, 2.45) is 0 Å². The SMILES string of the molecule is Cc1ccc(C(C)(C)C)c(OCC(=O)Nc2ccccc2F)c1. The zero-order chi connectivity index (χ0) is 17.0. The summed E-state index contributed by atoms with van der Waals surface area (Å²) in [6, 6.07) is 12.0. The van der Waals surface area contributed by atoms with Gasteiger partial charge in [-0.15, -0.1) is 0 Å². The molecule has 0 unspecified atom stereocenters. The van der Waals surface area contributed by atoms with E-state index in [2.05, 4.69) is 26.1 Å². The van der Waals surface area contributed by atoms with E-state index in [4.69, 9.17) is 4.74 Å². The summed E-state index contributed by atoms with van der Waals surface area (Å²) < 4.78 is 19.2. The van der Waals surface area contributed by atoms with Crippen molar-refractivity contribution in [1.29, 1.82) is 0 Å². The lowest BCUT2D eigenvalue weighted by atomic mass is 9.86. The third-order valence-corrected chi connectivity index (χ3v) is 3.45. The van der Waals surface area contributed by atoms with Crippen molar-refractivity contribution in [2.75, 3.05) is 11.9 Å². The van der Waals surface area contributed by atoms with Crippen LogP contribution in [0.4, 0.5) is 10.1 Å². The Morgan fingerprint density at radius 1 is 1.17 bits per heavy atom. The van der Waals surface area contributed by atoms with Gasteiger partial charge < -0.3 is 10.1 Å². The van der Waals surface area contributed by atoms with Gasteiger partial charge in [-0.2, -0.15) is 0 Å². The van der Waals surface area contributed by atoms with Crippen molar-refractivity contribution in [3.05, 3.63) is 59.4 Å². The molecule has 3 nitrogen and oxygen atoms in total. The van der Waals surface area contributed by atoms with Crippen LogP contribution in [0.1, 0.15) is 31.9 Å². The molecule has 0 saturated heterocycles. The summed E-state index contributed by atoms with van der Waals surface area (Å²) in [5, 5.41) is 2.51. The Bertz CT molecular complexity index is 705. The van der Waals surface area contributed by atoms with Crippen LogP contribution in [0.25, 0.3) is 0 Å². The second kappa shape index (κ2) is 6.82. The van der Waals surface area contributed by atoms with Gasteiger partial charge in [-0.25, -0.2) is 4.39 Å². The second-order valence-electron chi connectivity index (χ2n) is 6.57. The number of hydrogen-bond acceptors (Lipinski definition) is 2. The Labute approximate surface area is 136 Å². The molecule has 2 aromatic carbocycles. The highest BCUT2D eigenvalue weighted by atomic mass is 19.1. The fraction of sp³-hybridized carbons (Fsp3) is 0.316. The summed E-state index contributed by atoms with van der Waals surface area (Å²) in [4.78, 5) is 12.0. The monoisotopic (exact) mass is 315 g/mol. The van der Waals surface area contributed by atoms with E-state index in [1.54, 1.807) is 12.1 Å². The van der Waals surface area contributed by atoms with Gasteiger partial charge in [0.25, 0.3) is 5.91 Å². The van der Waals surface area contributed by atoms with Crippen LogP contribution in [0.3, 0.4) is 0 Å². The van der Waals surface area contributed by atoms with Crippen molar-refractivity contribution in [3.8, 4) is 5.75 Å². The van der Waals surface area contributed by atoms with Crippen LogP contribution in [0.2, 0.25) is 0 Å². The molecule has 23 heavy (non-hydrogen) atoms. The van der Waals surface area contributed by atoms with Crippen molar-refractivity contribution in [1.82, 2.24) is 0 Å². The number of carbonyl (C=O) groups is 1. The number of para-hydroxylation sites is 1. The van der Waals surface area contributed by atoms with Gasteiger partial charge in [0.05, 0.1) is 5.69 Å². The molecule has 0 heterocycles. The van der Waals surface area contributed by atoms with Gasteiger partial charge in [-0.3, -0.25) is 4.79 Å². The maximum absolute atomic E-state index is 13.5. The van der Waals surface area contributed by atoms with Gasteiger partial charge in [0, 0.05) is 0 Å². The quantitative estimate of drug-likeness (QED) is 0.905. The second-order valence-corrected chi connectivity index (χ2v) is 6.57. The van der Waals surface area contributed by atoms with Gasteiger partial charge >= 0.3 is 0 Å². The molecule has 2 rings (SSSR count). The zero-order valence-corrected chi connectivity index (χ0v) is 13.9. The van der Waals surface area contributed by atoms with E-state index >= 15 is 0 Å². The van der Waals surface area contributed by atoms with Crippen LogP contribution >= 0.6 is 0 Å². The molecule has 1 amide bonds. The molecule has 0 aliphatic rings. The first-order valence-electron chi connectivity index (χ1n) is 7.55. The number of ether oxygens (including phenoxy) is 1. The van der Waals surface area contributed by atoms with Crippen molar-refractivity contribution in [3.63, 3.8) is 0 Å². The predicted octanol–water partition coefficient (Wildman–Crippen LogP) is 4.45. The molecule has 0 aliphatic carbocycles. The smallest absolute Gasteiger partial charge is 0.262 e. The van der Waals surface area contributed by atoms with E-state index in [1.807, 2.05) is 25.1 Å². The number of rotatable bonds is 4. The number of hydrogen-bond donors (Lipinski definition) is 1. The summed E-state index contributed by atoms with van der Waals surface area (Å²) >= 11 is 0. The topological polar surface area (TPSA) is 38.3 Å². The maximum atomic E-state index is 13.5. The number of anilines is 1. The Morgan fingerprint density at radius 3 is 2.52 bits per heavy atom. The third kappa shape index (κ3) is 4.55. The first kappa shape index (κ1) is 17.0. The summed E-state index contributed by atoms with van der Waals surface area (Å²) in [5.41, 5.74) is 2.15. The van der Waals surface area contributed by atoms with E-state index < -0.39 is 11.7 Å². The Kier molecular flexibility index (Phi) is 5.04. The van der Waals surface area contributed by atoms with Gasteiger partial charge in [0.15, 0.2) is 6.61 Å². The minimum absolute atomic E-state index is 0.0922. The molecular weight excluding hydrogens is 293 g/mol. The highest BCUT2D eigenvalue weighted by molar-refractivity contribution is 5.92. The standard InChI is InChI=1S/C19H22FNO2/c1-13-9-10-14(19(2,3)4)17(11-13)23-12-18(22)21-16-8-6-5-7-15(16)20/h5-11H,12H2,1-4H3,(H,21,22). The van der Waals surface area contributed by atoms with Crippen molar-refractivity contribution < 1.29 is 13.9 Å². The van der Waals surface area contributed by atoms with Crippen LogP contribution in [-0.2, 0) is 10.2 Å². The predicted molar refractivity (Wildman–Crippen MR) is 90.4 cm³/mol. The Hall–Kier alpha value is -2.36. The minimum Gasteiger partial charge on any atom is -0.483 e. The number of benzene rings is 2. The lowest BCUT2D eigenvalue weighted by molar-refractivity contribution is -0.118. The summed E-state index contributed by atoms with van der Waals surface area (Å²) in [5.74, 6) is -0.176. The number of nitrogens with one attached hydrogen (secondary N) is 1. The molecular formula is C19H22FNO2. The summed E-state index contributed by atoms with van der Waals surface area (Å²) in [7, 11) is 0. The normalized spacial score (nSPS) is 11.2. The highest BCUT2D eigenvalue weighted by Crippen LogP contribution is 2.32. The largest absolute Gasteiger partial charge is 0.483 e. The van der Waals surface area contributed by atoms with Crippen LogP contribution in [0.15, 0.2) is 42.5 Å². The molecule has 0 fully saturated rings. The molecule has 0 saturated carbocycles. The van der Waals surface area contributed by atoms with E-state index in [9.17, 15) is 9.18 Å². The van der Waals surface area contributed by atoms with Crippen molar-refractivity contribution >= 4 is 11.6 Å². The fourth-order valence-corrected chi connectivity index (χ4v) is 2.26. The number of amides is 1. The van der Waals surface area contributed by atoms with Crippen LogP contribution in [-0.4, -0.2) is 12.5 Å². The lowest BCUT2D eigenvalue weighted by Gasteiger charge is -2.23. The van der Waals surface area contributed by atoms with Crippen LogP contribution in [0, 0.1) is 12.7 Å². The molecule has 0 atom stereocenters. The number of halogens is 1. The van der Waals surface area contributed by atoms with E-state index in [1.165, 1.54) is 12.1 Å². The number of aryl methyl sites for hydroxylation is 1. The first-order valence-corrected chi connectivity index (χ1v) is 7.55. The molecule has 0 aromatic heterocycles. The van der Waals surface area contributed by atoms with Crippen LogP contribution in [0.5, 0.6) is 5.75 Å². The van der Waals surface area contributed by atoms with Gasteiger partial charge in [-0.05, 0) is 41.7 Å². The molecule has 1 N–H and O–H groups in total. The summed E-state index contributed by atoms with van der Waals surface area (Å²) in [6.07, 6.45) is 0. The molecule has 122 valence electrons. The van der Waals surface area contributed by atoms with Crippen LogP contribution < -0.4 is 10.1 Å². The third-order valence-electron chi connectivity index (χ3n) is 3.45. The van der Waals surface area contributed by atoms with E-state index in [0.717, 1.165) is 11.1 Å². The average molecular weight is 315 g/mol. The number of carbonyl (C=O) groups excluding carboxylic acids is 1. The maximum Gasteiger partial charge on any atom is 0.262 e. The van der Waals surface area contributed by atoms with E-state index in [-0.39, 0.29) is 17.7 Å². The minimum atomic E-state index is -0.466. The van der Waals surface area contributed by atoms with Gasteiger partial charge in [-0.1, -0.05) is 45.0 Å². The molecule has 2 aromatic rings. The molecule has 0 bridgehead atoms.